The van der Waals surface area contributed by atoms with E-state index in [9.17, 15) is 0 Å². The van der Waals surface area contributed by atoms with Gasteiger partial charge in [-0.1, -0.05) is 28.0 Å². The van der Waals surface area contributed by atoms with Crippen molar-refractivity contribution < 1.29 is 9.37 Å². The Hall–Kier alpha value is -1.88. The van der Waals surface area contributed by atoms with Crippen molar-refractivity contribution in [3.05, 3.63) is 40.7 Å². The molecule has 0 spiro atoms. The molecule has 20 heavy (non-hydrogen) atoms. The molecule has 1 atom stereocenters. The molecule has 0 saturated carbocycles. The van der Waals surface area contributed by atoms with Gasteiger partial charge in [0.2, 0.25) is 0 Å². The van der Waals surface area contributed by atoms with E-state index < -0.39 is 0 Å². The van der Waals surface area contributed by atoms with Crippen LogP contribution < -0.4 is 10.1 Å². The van der Waals surface area contributed by atoms with Crippen molar-refractivity contribution in [1.82, 2.24) is 15.6 Å². The second-order valence-electron chi connectivity index (χ2n) is 5.26. The molecule has 3 rings (SSSR count). The molecule has 2 heterocycles. The number of aryl methyl sites for hydroxylation is 2. The van der Waals surface area contributed by atoms with Gasteiger partial charge >= 0.3 is 0 Å². The molecule has 1 aliphatic rings. The summed E-state index contributed by atoms with van der Waals surface area (Å²) in [4.78, 5) is 0. The molecular weight excluding hydrogens is 254 g/mol. The maximum Gasteiger partial charge on any atom is 0.124 e. The standard InChI is InChI=1S/C15H19N3O2/c1-10-5-6-15-12(8-10)13(4-3-7-19-15)16-9-14-11(2)17-20-18-14/h5-6,8,13,16H,3-4,7,9H2,1-2H3. The van der Waals surface area contributed by atoms with E-state index in [1.165, 1.54) is 11.1 Å². The molecule has 1 aliphatic heterocycles. The van der Waals surface area contributed by atoms with Gasteiger partial charge in [-0.05, 0) is 32.8 Å². The van der Waals surface area contributed by atoms with Gasteiger partial charge in [0.05, 0.1) is 6.61 Å². The lowest BCUT2D eigenvalue weighted by atomic mass is 10.00. The van der Waals surface area contributed by atoms with Crippen molar-refractivity contribution in [1.29, 1.82) is 0 Å². The first-order valence-corrected chi connectivity index (χ1v) is 6.99. The monoisotopic (exact) mass is 273 g/mol. The van der Waals surface area contributed by atoms with E-state index in [4.69, 9.17) is 9.37 Å². The average molecular weight is 273 g/mol. The van der Waals surface area contributed by atoms with Crippen LogP contribution in [0.15, 0.2) is 22.8 Å². The molecule has 1 N–H and O–H groups in total. The van der Waals surface area contributed by atoms with Gasteiger partial charge in [0.1, 0.15) is 17.1 Å². The number of nitrogens with zero attached hydrogens (tertiary/aromatic N) is 2. The second-order valence-corrected chi connectivity index (χ2v) is 5.26. The Balaban J connectivity index is 1.79. The maximum atomic E-state index is 5.81. The first-order valence-electron chi connectivity index (χ1n) is 6.99. The Morgan fingerprint density at radius 3 is 3.00 bits per heavy atom. The molecule has 1 aromatic carbocycles. The van der Waals surface area contributed by atoms with Crippen LogP contribution >= 0.6 is 0 Å². The van der Waals surface area contributed by atoms with E-state index in [0.29, 0.717) is 6.54 Å². The van der Waals surface area contributed by atoms with E-state index in [1.54, 1.807) is 0 Å². The van der Waals surface area contributed by atoms with Gasteiger partial charge in [-0.25, -0.2) is 4.63 Å². The molecule has 5 nitrogen and oxygen atoms in total. The van der Waals surface area contributed by atoms with Crippen LogP contribution in [0.4, 0.5) is 0 Å². The second kappa shape index (κ2) is 5.63. The largest absolute Gasteiger partial charge is 0.493 e. The summed E-state index contributed by atoms with van der Waals surface area (Å²) in [5.74, 6) is 0.987. The Bertz CT molecular complexity index is 595. The van der Waals surface area contributed by atoms with Gasteiger partial charge in [0.15, 0.2) is 0 Å². The summed E-state index contributed by atoms with van der Waals surface area (Å²) in [5.41, 5.74) is 4.19. The van der Waals surface area contributed by atoms with Gasteiger partial charge in [-0.15, -0.1) is 0 Å². The lowest BCUT2D eigenvalue weighted by Crippen LogP contribution is -2.21. The van der Waals surface area contributed by atoms with Crippen molar-refractivity contribution in [2.45, 2.75) is 39.3 Å². The smallest absolute Gasteiger partial charge is 0.124 e. The van der Waals surface area contributed by atoms with E-state index in [1.807, 2.05) is 6.92 Å². The fourth-order valence-corrected chi connectivity index (χ4v) is 2.54. The van der Waals surface area contributed by atoms with E-state index >= 15 is 0 Å². The molecule has 2 aromatic rings. The fraction of sp³-hybridized carbons (Fsp3) is 0.467. The van der Waals surface area contributed by atoms with Crippen LogP contribution in [0.5, 0.6) is 5.75 Å². The third-order valence-electron chi connectivity index (χ3n) is 3.70. The minimum atomic E-state index is 0.281. The van der Waals surface area contributed by atoms with Crippen molar-refractivity contribution in [2.24, 2.45) is 0 Å². The highest BCUT2D eigenvalue weighted by Gasteiger charge is 2.20. The van der Waals surface area contributed by atoms with E-state index in [2.05, 4.69) is 40.8 Å². The normalized spacial score (nSPS) is 18.2. The average Bonchev–Trinajstić information content (AvgIpc) is 2.74. The third-order valence-corrected chi connectivity index (χ3v) is 3.70. The minimum absolute atomic E-state index is 0.281. The van der Waals surface area contributed by atoms with Crippen molar-refractivity contribution in [3.8, 4) is 5.75 Å². The van der Waals surface area contributed by atoms with E-state index in [0.717, 1.165) is 36.6 Å². The first kappa shape index (κ1) is 13.1. The highest BCUT2D eigenvalue weighted by molar-refractivity contribution is 5.39. The fourth-order valence-electron chi connectivity index (χ4n) is 2.54. The van der Waals surface area contributed by atoms with E-state index in [-0.39, 0.29) is 6.04 Å². The van der Waals surface area contributed by atoms with Gasteiger partial charge in [0, 0.05) is 18.2 Å². The van der Waals surface area contributed by atoms with Gasteiger partial charge in [-0.3, -0.25) is 0 Å². The predicted octanol–water partition coefficient (Wildman–Crippen LogP) is 2.69. The van der Waals surface area contributed by atoms with Crippen LogP contribution in [0.2, 0.25) is 0 Å². The summed E-state index contributed by atoms with van der Waals surface area (Å²) >= 11 is 0. The molecular formula is C15H19N3O2. The molecule has 0 fully saturated rings. The highest BCUT2D eigenvalue weighted by Crippen LogP contribution is 2.32. The van der Waals surface area contributed by atoms with Crippen LogP contribution in [-0.2, 0) is 6.54 Å². The number of aromatic nitrogens is 2. The first-order chi connectivity index (χ1) is 9.74. The molecule has 1 unspecified atom stereocenters. The molecule has 106 valence electrons. The quantitative estimate of drug-likeness (QED) is 0.931. The molecule has 0 aliphatic carbocycles. The third kappa shape index (κ3) is 2.67. The van der Waals surface area contributed by atoms with Crippen molar-refractivity contribution in [2.75, 3.05) is 6.61 Å². The predicted molar refractivity (Wildman–Crippen MR) is 74.5 cm³/mol. The Morgan fingerprint density at radius 2 is 2.20 bits per heavy atom. The maximum absolute atomic E-state index is 5.81. The summed E-state index contributed by atoms with van der Waals surface area (Å²) < 4.78 is 10.5. The summed E-state index contributed by atoms with van der Waals surface area (Å²) in [7, 11) is 0. The lowest BCUT2D eigenvalue weighted by Gasteiger charge is -2.18. The molecule has 0 radical (unpaired) electrons. The van der Waals surface area contributed by atoms with Crippen molar-refractivity contribution in [3.63, 3.8) is 0 Å². The molecule has 0 bridgehead atoms. The molecule has 1 aromatic heterocycles. The summed E-state index contributed by atoms with van der Waals surface area (Å²) in [6.07, 6.45) is 2.10. The zero-order valence-corrected chi connectivity index (χ0v) is 11.8. The number of hydrogen-bond donors (Lipinski definition) is 1. The van der Waals surface area contributed by atoms with Gasteiger partial charge in [-0.2, -0.15) is 0 Å². The highest BCUT2D eigenvalue weighted by atomic mass is 16.6. The topological polar surface area (TPSA) is 60.2 Å². The van der Waals surface area contributed by atoms with Crippen LogP contribution in [0.1, 0.15) is 41.4 Å². The van der Waals surface area contributed by atoms with Gasteiger partial charge in [0.25, 0.3) is 0 Å². The number of benzene rings is 1. The number of nitrogens with one attached hydrogen (secondary N) is 1. The molecule has 0 amide bonds. The Kier molecular flexibility index (Phi) is 3.69. The zero-order chi connectivity index (χ0) is 13.9. The number of fused-ring (bicyclic) bond motifs is 1. The number of hydrogen-bond acceptors (Lipinski definition) is 5. The Labute approximate surface area is 118 Å². The Morgan fingerprint density at radius 1 is 1.30 bits per heavy atom. The zero-order valence-electron chi connectivity index (χ0n) is 11.8. The van der Waals surface area contributed by atoms with Crippen LogP contribution in [0.25, 0.3) is 0 Å². The van der Waals surface area contributed by atoms with Crippen LogP contribution in [-0.4, -0.2) is 16.9 Å². The summed E-state index contributed by atoms with van der Waals surface area (Å²) in [6.45, 7) is 5.45. The minimum Gasteiger partial charge on any atom is -0.493 e. The number of ether oxygens (including phenoxy) is 1. The summed E-state index contributed by atoms with van der Waals surface area (Å²) in [6, 6.07) is 6.63. The number of rotatable bonds is 3. The van der Waals surface area contributed by atoms with Crippen LogP contribution in [0, 0.1) is 13.8 Å². The SMILES string of the molecule is Cc1ccc2c(c1)C(NCc1nonc1C)CCCO2. The van der Waals surface area contributed by atoms with Crippen molar-refractivity contribution >= 4 is 0 Å². The summed E-state index contributed by atoms with van der Waals surface area (Å²) in [5, 5.41) is 11.3. The lowest BCUT2D eigenvalue weighted by molar-refractivity contribution is 0.299. The molecule has 5 heteroatoms. The molecule has 0 saturated heterocycles. The van der Waals surface area contributed by atoms with Gasteiger partial charge < -0.3 is 10.1 Å². The van der Waals surface area contributed by atoms with Crippen LogP contribution in [0.3, 0.4) is 0 Å².